The van der Waals surface area contributed by atoms with E-state index in [4.69, 9.17) is 26.6 Å². The zero-order valence-electron chi connectivity index (χ0n) is 8.22. The summed E-state index contributed by atoms with van der Waals surface area (Å²) in [6.45, 7) is 0. The van der Waals surface area contributed by atoms with Crippen LogP contribution in [0.4, 0.5) is 5.69 Å². The first-order chi connectivity index (χ1) is 7.24. The Labute approximate surface area is 91.4 Å². The third-order valence-corrected chi connectivity index (χ3v) is 2.04. The normalized spacial score (nSPS) is 10.1. The third-order valence-electron chi connectivity index (χ3n) is 1.73. The van der Waals surface area contributed by atoms with Crippen LogP contribution in [0.25, 0.3) is 10.4 Å². The van der Waals surface area contributed by atoms with Crippen molar-refractivity contribution in [2.45, 2.75) is 6.29 Å². The number of hydrogen-bond donors (Lipinski definition) is 0. The molecule has 0 bridgehead atoms. The number of nitrogens with zero attached hydrogens (tertiary/aromatic N) is 4. The Bertz CT molecular complexity index is 388. The summed E-state index contributed by atoms with van der Waals surface area (Å²) >= 11 is 5.91. The lowest BCUT2D eigenvalue weighted by Gasteiger charge is -2.16. The lowest BCUT2D eigenvalue weighted by Crippen LogP contribution is -2.05. The molecule has 0 amide bonds. The SMILES string of the molecule is COC(OC)c1c(Cl)cncc1N=[N+]=[N-]. The van der Waals surface area contributed by atoms with E-state index in [2.05, 4.69) is 15.0 Å². The highest BCUT2D eigenvalue weighted by molar-refractivity contribution is 6.31. The van der Waals surface area contributed by atoms with Crippen LogP contribution < -0.4 is 0 Å². The van der Waals surface area contributed by atoms with Crippen molar-refractivity contribution < 1.29 is 9.47 Å². The molecule has 0 aliphatic heterocycles. The summed E-state index contributed by atoms with van der Waals surface area (Å²) in [6.07, 6.45) is 2.14. The van der Waals surface area contributed by atoms with E-state index in [0.29, 0.717) is 16.3 Å². The lowest BCUT2D eigenvalue weighted by atomic mass is 10.2. The van der Waals surface area contributed by atoms with Crippen molar-refractivity contribution in [1.82, 2.24) is 4.98 Å². The van der Waals surface area contributed by atoms with Crippen molar-refractivity contribution in [2.75, 3.05) is 14.2 Å². The fourth-order valence-corrected chi connectivity index (χ4v) is 1.37. The van der Waals surface area contributed by atoms with Gasteiger partial charge in [-0.1, -0.05) is 16.7 Å². The van der Waals surface area contributed by atoms with Crippen molar-refractivity contribution in [3.63, 3.8) is 0 Å². The number of pyridine rings is 1. The van der Waals surface area contributed by atoms with Crippen LogP contribution in [0, 0.1) is 0 Å². The molecule has 0 atom stereocenters. The van der Waals surface area contributed by atoms with Crippen LogP contribution >= 0.6 is 11.6 Å². The molecule has 6 nitrogen and oxygen atoms in total. The van der Waals surface area contributed by atoms with Crippen molar-refractivity contribution in [3.8, 4) is 0 Å². The van der Waals surface area contributed by atoms with Gasteiger partial charge in [-0.25, -0.2) is 0 Å². The molecule has 1 rings (SSSR count). The Kier molecular flexibility index (Phi) is 4.33. The minimum absolute atomic E-state index is 0.290. The maximum absolute atomic E-state index is 8.37. The van der Waals surface area contributed by atoms with E-state index in [-0.39, 0.29) is 0 Å². The van der Waals surface area contributed by atoms with Gasteiger partial charge < -0.3 is 9.47 Å². The predicted octanol–water partition coefficient (Wildman–Crippen LogP) is 2.97. The van der Waals surface area contributed by atoms with Crippen molar-refractivity contribution in [1.29, 1.82) is 0 Å². The molecule has 1 aromatic rings. The Morgan fingerprint density at radius 1 is 1.47 bits per heavy atom. The minimum Gasteiger partial charge on any atom is -0.352 e. The second-order valence-electron chi connectivity index (χ2n) is 2.55. The van der Waals surface area contributed by atoms with Gasteiger partial charge in [0.2, 0.25) is 0 Å². The number of hydrogen-bond acceptors (Lipinski definition) is 4. The smallest absolute Gasteiger partial charge is 0.185 e. The highest BCUT2D eigenvalue weighted by atomic mass is 35.5. The fourth-order valence-electron chi connectivity index (χ4n) is 1.13. The zero-order chi connectivity index (χ0) is 11.3. The minimum atomic E-state index is -0.680. The molecule has 0 fully saturated rings. The lowest BCUT2D eigenvalue weighted by molar-refractivity contribution is -0.105. The van der Waals surface area contributed by atoms with Gasteiger partial charge in [0, 0.05) is 37.1 Å². The highest BCUT2D eigenvalue weighted by Crippen LogP contribution is 2.33. The molecular formula is C8H9ClN4O2. The molecule has 0 spiro atoms. The van der Waals surface area contributed by atoms with E-state index in [9.17, 15) is 0 Å². The molecule has 1 heterocycles. The second kappa shape index (κ2) is 5.53. The molecule has 0 aliphatic rings. The molecule has 0 unspecified atom stereocenters. The fraction of sp³-hybridized carbons (Fsp3) is 0.375. The van der Waals surface area contributed by atoms with Crippen LogP contribution in [0.3, 0.4) is 0 Å². The Balaban J connectivity index is 3.28. The number of halogens is 1. The van der Waals surface area contributed by atoms with Gasteiger partial charge in [-0.05, 0) is 5.53 Å². The van der Waals surface area contributed by atoms with Gasteiger partial charge in [0.25, 0.3) is 0 Å². The first-order valence-electron chi connectivity index (χ1n) is 3.98. The number of aromatic nitrogens is 1. The molecule has 80 valence electrons. The monoisotopic (exact) mass is 228 g/mol. The van der Waals surface area contributed by atoms with E-state index in [1.54, 1.807) is 0 Å². The highest BCUT2D eigenvalue weighted by Gasteiger charge is 2.17. The maximum atomic E-state index is 8.37. The van der Waals surface area contributed by atoms with Crippen LogP contribution in [0.15, 0.2) is 17.5 Å². The molecule has 0 saturated carbocycles. The van der Waals surface area contributed by atoms with Gasteiger partial charge >= 0.3 is 0 Å². The summed E-state index contributed by atoms with van der Waals surface area (Å²) in [5.41, 5.74) is 9.13. The van der Waals surface area contributed by atoms with Crippen LogP contribution in [0.1, 0.15) is 11.9 Å². The average molecular weight is 229 g/mol. The molecule has 0 aromatic carbocycles. The van der Waals surface area contributed by atoms with Gasteiger partial charge in [-0.15, -0.1) is 0 Å². The van der Waals surface area contributed by atoms with E-state index in [1.807, 2.05) is 0 Å². The molecule has 0 saturated heterocycles. The average Bonchev–Trinajstić information content (AvgIpc) is 2.24. The first kappa shape index (κ1) is 11.7. The van der Waals surface area contributed by atoms with E-state index in [1.165, 1.54) is 26.6 Å². The van der Waals surface area contributed by atoms with Crippen LogP contribution in [-0.2, 0) is 9.47 Å². The van der Waals surface area contributed by atoms with E-state index < -0.39 is 6.29 Å². The molecular weight excluding hydrogens is 220 g/mol. The number of ether oxygens (including phenoxy) is 2. The van der Waals surface area contributed by atoms with Crippen molar-refractivity contribution in [3.05, 3.63) is 33.4 Å². The van der Waals surface area contributed by atoms with Gasteiger partial charge in [-0.2, -0.15) is 0 Å². The quantitative estimate of drug-likeness (QED) is 0.344. The van der Waals surface area contributed by atoms with Gasteiger partial charge in [0.05, 0.1) is 10.7 Å². The van der Waals surface area contributed by atoms with Crippen LogP contribution in [0.2, 0.25) is 5.02 Å². The van der Waals surface area contributed by atoms with Gasteiger partial charge in [0.1, 0.15) is 0 Å². The topological polar surface area (TPSA) is 80.1 Å². The number of rotatable bonds is 4. The van der Waals surface area contributed by atoms with Crippen molar-refractivity contribution >= 4 is 17.3 Å². The summed E-state index contributed by atoms with van der Waals surface area (Å²) in [4.78, 5) is 6.48. The maximum Gasteiger partial charge on any atom is 0.185 e. The number of azide groups is 1. The van der Waals surface area contributed by atoms with Gasteiger partial charge in [0.15, 0.2) is 6.29 Å². The van der Waals surface area contributed by atoms with Crippen LogP contribution in [0.5, 0.6) is 0 Å². The molecule has 0 aliphatic carbocycles. The van der Waals surface area contributed by atoms with Gasteiger partial charge in [-0.3, -0.25) is 4.98 Å². The zero-order valence-corrected chi connectivity index (χ0v) is 8.97. The van der Waals surface area contributed by atoms with Crippen LogP contribution in [-0.4, -0.2) is 19.2 Å². The Morgan fingerprint density at radius 2 is 2.13 bits per heavy atom. The largest absolute Gasteiger partial charge is 0.352 e. The molecule has 0 N–H and O–H groups in total. The molecule has 1 aromatic heterocycles. The molecule has 7 heteroatoms. The number of methoxy groups -OCH3 is 2. The summed E-state index contributed by atoms with van der Waals surface area (Å²) < 4.78 is 10.1. The summed E-state index contributed by atoms with van der Waals surface area (Å²) in [5, 5.41) is 3.79. The predicted molar refractivity (Wildman–Crippen MR) is 54.8 cm³/mol. The first-order valence-corrected chi connectivity index (χ1v) is 4.36. The third kappa shape index (κ3) is 2.57. The Hall–Kier alpha value is -1.33. The van der Waals surface area contributed by atoms with Crippen molar-refractivity contribution in [2.24, 2.45) is 5.11 Å². The molecule has 15 heavy (non-hydrogen) atoms. The summed E-state index contributed by atoms with van der Waals surface area (Å²) in [5.74, 6) is 0. The Morgan fingerprint density at radius 3 is 2.67 bits per heavy atom. The van der Waals surface area contributed by atoms with E-state index in [0.717, 1.165) is 0 Å². The standard InChI is InChI=1S/C8H9ClN4O2/c1-14-8(15-2)7-5(9)3-11-4-6(7)12-13-10/h3-4,8H,1-2H3. The van der Waals surface area contributed by atoms with E-state index >= 15 is 0 Å². The summed E-state index contributed by atoms with van der Waals surface area (Å²) in [6, 6.07) is 0. The summed E-state index contributed by atoms with van der Waals surface area (Å²) in [7, 11) is 2.93. The second-order valence-corrected chi connectivity index (χ2v) is 2.95. The molecule has 0 radical (unpaired) electrons.